The van der Waals surface area contributed by atoms with Crippen LogP contribution >= 0.6 is 11.3 Å². The minimum Gasteiger partial charge on any atom is -0.298 e. The highest BCUT2D eigenvalue weighted by molar-refractivity contribution is 7.14. The maximum atomic E-state index is 11.9. The van der Waals surface area contributed by atoms with Gasteiger partial charge in [0.05, 0.1) is 5.69 Å². The molecule has 22 heavy (non-hydrogen) atoms. The molecule has 0 bridgehead atoms. The Morgan fingerprint density at radius 2 is 1.82 bits per heavy atom. The van der Waals surface area contributed by atoms with Crippen molar-refractivity contribution in [2.45, 2.75) is 39.5 Å². The van der Waals surface area contributed by atoms with Crippen LogP contribution < -0.4 is 5.32 Å². The Morgan fingerprint density at radius 1 is 1.14 bits per heavy atom. The molecule has 2 rings (SSSR count). The summed E-state index contributed by atoms with van der Waals surface area (Å²) < 4.78 is 0. The Balaban J connectivity index is 1.95. The van der Waals surface area contributed by atoms with E-state index in [1.807, 2.05) is 23.6 Å². The van der Waals surface area contributed by atoms with E-state index in [9.17, 15) is 4.79 Å². The van der Waals surface area contributed by atoms with E-state index in [1.54, 1.807) is 6.08 Å². The first-order valence-electron chi connectivity index (χ1n) is 7.50. The van der Waals surface area contributed by atoms with Gasteiger partial charge in [-0.05, 0) is 29.0 Å². The number of amides is 1. The van der Waals surface area contributed by atoms with E-state index in [0.717, 1.165) is 11.3 Å². The van der Waals surface area contributed by atoms with Gasteiger partial charge in [0.2, 0.25) is 5.91 Å². The molecule has 1 aromatic carbocycles. The Labute approximate surface area is 136 Å². The number of carbonyl (C=O) groups excluding carboxylic acids is 1. The summed E-state index contributed by atoms with van der Waals surface area (Å²) in [5, 5.41) is 5.43. The lowest BCUT2D eigenvalue weighted by molar-refractivity contribution is -0.111. The zero-order valence-corrected chi connectivity index (χ0v) is 14.3. The van der Waals surface area contributed by atoms with Gasteiger partial charge in [-0.1, -0.05) is 52.0 Å². The van der Waals surface area contributed by atoms with Crippen molar-refractivity contribution < 1.29 is 4.79 Å². The lowest BCUT2D eigenvalue weighted by atomic mass is 10.0. The second-order valence-electron chi connectivity index (χ2n) is 5.88. The van der Waals surface area contributed by atoms with Crippen molar-refractivity contribution in [3.8, 4) is 0 Å². The average molecular weight is 314 g/mol. The first kappa shape index (κ1) is 16.4. The summed E-state index contributed by atoms with van der Waals surface area (Å²) in [6.07, 6.45) is 3.36. The number of nitrogens with one attached hydrogen (secondary N) is 1. The SMILES string of the molecule is CC(C)c1ccc(/C=C/C(=O)Nc2nc(C(C)C)cs2)cc1. The molecule has 3 nitrogen and oxygen atoms in total. The van der Waals surface area contributed by atoms with Gasteiger partial charge in [0, 0.05) is 11.5 Å². The maximum absolute atomic E-state index is 11.9. The Bertz CT molecular complexity index is 654. The van der Waals surface area contributed by atoms with Crippen molar-refractivity contribution in [1.82, 2.24) is 4.98 Å². The molecular formula is C18H22N2OS. The number of rotatable bonds is 5. The molecule has 4 heteroatoms. The molecule has 116 valence electrons. The van der Waals surface area contributed by atoms with Crippen molar-refractivity contribution in [3.63, 3.8) is 0 Å². The highest BCUT2D eigenvalue weighted by Crippen LogP contribution is 2.21. The van der Waals surface area contributed by atoms with E-state index >= 15 is 0 Å². The second-order valence-corrected chi connectivity index (χ2v) is 6.73. The number of aromatic nitrogens is 1. The molecule has 0 aliphatic carbocycles. The van der Waals surface area contributed by atoms with Crippen LogP contribution in [0.4, 0.5) is 5.13 Å². The zero-order valence-electron chi connectivity index (χ0n) is 13.5. The number of thiazole rings is 1. The number of hydrogen-bond acceptors (Lipinski definition) is 3. The van der Waals surface area contributed by atoms with Gasteiger partial charge >= 0.3 is 0 Å². The summed E-state index contributed by atoms with van der Waals surface area (Å²) in [4.78, 5) is 16.3. The zero-order chi connectivity index (χ0) is 16.1. The first-order valence-corrected chi connectivity index (χ1v) is 8.38. The van der Waals surface area contributed by atoms with Crippen LogP contribution in [0.15, 0.2) is 35.7 Å². The fourth-order valence-corrected chi connectivity index (χ4v) is 2.79. The fourth-order valence-electron chi connectivity index (χ4n) is 1.92. The van der Waals surface area contributed by atoms with Crippen LogP contribution in [0, 0.1) is 0 Å². The normalized spacial score (nSPS) is 11.5. The van der Waals surface area contributed by atoms with Gasteiger partial charge < -0.3 is 0 Å². The van der Waals surface area contributed by atoms with Crippen molar-refractivity contribution in [3.05, 3.63) is 52.5 Å². The van der Waals surface area contributed by atoms with E-state index < -0.39 is 0 Å². The van der Waals surface area contributed by atoms with Crippen LogP contribution in [0.3, 0.4) is 0 Å². The minimum atomic E-state index is -0.155. The summed E-state index contributed by atoms with van der Waals surface area (Å²) in [6, 6.07) is 8.24. The highest BCUT2D eigenvalue weighted by Gasteiger charge is 2.07. The van der Waals surface area contributed by atoms with E-state index in [2.05, 4.69) is 50.1 Å². The van der Waals surface area contributed by atoms with Crippen molar-refractivity contribution >= 4 is 28.5 Å². The van der Waals surface area contributed by atoms with Gasteiger partial charge in [-0.25, -0.2) is 4.98 Å². The Hall–Kier alpha value is -1.94. The topological polar surface area (TPSA) is 42.0 Å². The molecular weight excluding hydrogens is 292 g/mol. The number of benzene rings is 1. The molecule has 0 aliphatic rings. The maximum Gasteiger partial charge on any atom is 0.250 e. The second kappa shape index (κ2) is 7.36. The smallest absolute Gasteiger partial charge is 0.250 e. The van der Waals surface area contributed by atoms with Crippen molar-refractivity contribution in [1.29, 1.82) is 0 Å². The number of carbonyl (C=O) groups is 1. The predicted molar refractivity (Wildman–Crippen MR) is 94.4 cm³/mol. The van der Waals surface area contributed by atoms with Crippen molar-refractivity contribution in [2.75, 3.05) is 5.32 Å². The third kappa shape index (κ3) is 4.53. The summed E-state index contributed by atoms with van der Waals surface area (Å²) >= 11 is 1.46. The van der Waals surface area contributed by atoms with Gasteiger partial charge in [0.25, 0.3) is 0 Å². The van der Waals surface area contributed by atoms with Gasteiger partial charge in [-0.2, -0.15) is 0 Å². The van der Waals surface area contributed by atoms with Crippen LogP contribution in [0.2, 0.25) is 0 Å². The number of nitrogens with zero attached hydrogens (tertiary/aromatic N) is 1. The molecule has 1 N–H and O–H groups in total. The molecule has 0 saturated carbocycles. The third-order valence-corrected chi connectivity index (χ3v) is 4.15. The van der Waals surface area contributed by atoms with Crippen LogP contribution in [0.25, 0.3) is 6.08 Å². The van der Waals surface area contributed by atoms with E-state index in [0.29, 0.717) is 17.0 Å². The van der Waals surface area contributed by atoms with E-state index in [-0.39, 0.29) is 5.91 Å². The minimum absolute atomic E-state index is 0.155. The summed E-state index contributed by atoms with van der Waals surface area (Å²) in [5.74, 6) is 0.732. The Morgan fingerprint density at radius 3 is 2.36 bits per heavy atom. The van der Waals surface area contributed by atoms with Crippen LogP contribution in [0.1, 0.15) is 56.4 Å². The molecule has 1 aromatic heterocycles. The average Bonchev–Trinajstić information content (AvgIpc) is 2.94. The molecule has 0 radical (unpaired) electrons. The number of hydrogen-bond donors (Lipinski definition) is 1. The highest BCUT2D eigenvalue weighted by atomic mass is 32.1. The molecule has 0 saturated heterocycles. The molecule has 1 heterocycles. The summed E-state index contributed by atoms with van der Waals surface area (Å²) in [6.45, 7) is 8.50. The van der Waals surface area contributed by atoms with Gasteiger partial charge in [0.1, 0.15) is 0 Å². The molecule has 0 spiro atoms. The predicted octanol–water partition coefficient (Wildman–Crippen LogP) is 5.04. The van der Waals surface area contributed by atoms with Gasteiger partial charge in [-0.3, -0.25) is 10.1 Å². The quantitative estimate of drug-likeness (QED) is 0.785. The van der Waals surface area contributed by atoms with E-state index in [1.165, 1.54) is 16.9 Å². The standard InChI is InChI=1S/C18H22N2OS/c1-12(2)15-8-5-14(6-9-15)7-10-17(21)20-18-19-16(11-22-18)13(3)4/h5-13H,1-4H3,(H,19,20,21)/b10-7+. The van der Waals surface area contributed by atoms with Gasteiger partial charge in [-0.15, -0.1) is 11.3 Å². The van der Waals surface area contributed by atoms with Crippen LogP contribution in [-0.4, -0.2) is 10.9 Å². The monoisotopic (exact) mass is 314 g/mol. The summed E-state index contributed by atoms with van der Waals surface area (Å²) in [5.41, 5.74) is 3.32. The largest absolute Gasteiger partial charge is 0.298 e. The van der Waals surface area contributed by atoms with Crippen LogP contribution in [0.5, 0.6) is 0 Å². The van der Waals surface area contributed by atoms with Crippen molar-refractivity contribution in [2.24, 2.45) is 0 Å². The summed E-state index contributed by atoms with van der Waals surface area (Å²) in [7, 11) is 0. The molecule has 2 aromatic rings. The first-order chi connectivity index (χ1) is 10.5. The molecule has 1 amide bonds. The number of anilines is 1. The Kier molecular flexibility index (Phi) is 5.50. The fraction of sp³-hybridized carbons (Fsp3) is 0.333. The third-order valence-electron chi connectivity index (χ3n) is 3.37. The van der Waals surface area contributed by atoms with Gasteiger partial charge in [0.15, 0.2) is 5.13 Å². The molecule has 0 atom stereocenters. The van der Waals surface area contributed by atoms with E-state index in [4.69, 9.17) is 0 Å². The molecule has 0 unspecified atom stereocenters. The lowest BCUT2D eigenvalue weighted by Gasteiger charge is -2.04. The molecule has 0 aliphatic heterocycles. The molecule has 0 fully saturated rings. The lowest BCUT2D eigenvalue weighted by Crippen LogP contribution is -2.07. The van der Waals surface area contributed by atoms with Crippen LogP contribution in [-0.2, 0) is 4.79 Å².